The Labute approximate surface area is 113 Å². The van der Waals surface area contributed by atoms with Crippen molar-refractivity contribution < 1.29 is 14.3 Å². The standard InChI is InChI=1S/C14H20N2O3/c1-18-13-10-11(4-5-12(13)19-9-6-15)14(17)16-7-2-3-8-16/h4-5,10H,2-3,6-9,15H2,1H3. The summed E-state index contributed by atoms with van der Waals surface area (Å²) in [7, 11) is 1.56. The first kappa shape index (κ1) is 13.7. The number of likely N-dealkylation sites (tertiary alicyclic amines) is 1. The zero-order valence-corrected chi connectivity index (χ0v) is 11.2. The summed E-state index contributed by atoms with van der Waals surface area (Å²) in [5, 5.41) is 0. The van der Waals surface area contributed by atoms with Gasteiger partial charge in [-0.25, -0.2) is 0 Å². The van der Waals surface area contributed by atoms with E-state index in [0.717, 1.165) is 25.9 Å². The van der Waals surface area contributed by atoms with Crippen molar-refractivity contribution in [3.05, 3.63) is 23.8 Å². The number of nitrogens with two attached hydrogens (primary N) is 1. The van der Waals surface area contributed by atoms with Crippen molar-refractivity contribution in [1.29, 1.82) is 0 Å². The molecule has 0 radical (unpaired) electrons. The molecular formula is C14H20N2O3. The molecule has 1 fully saturated rings. The largest absolute Gasteiger partial charge is 0.493 e. The van der Waals surface area contributed by atoms with Crippen LogP contribution in [0.4, 0.5) is 0 Å². The topological polar surface area (TPSA) is 64.8 Å². The molecule has 1 aliphatic rings. The number of carbonyl (C=O) groups is 1. The molecule has 0 bridgehead atoms. The second kappa shape index (κ2) is 6.43. The van der Waals surface area contributed by atoms with Crippen molar-refractivity contribution in [2.75, 3.05) is 33.4 Å². The summed E-state index contributed by atoms with van der Waals surface area (Å²) >= 11 is 0. The van der Waals surface area contributed by atoms with Gasteiger partial charge in [0.1, 0.15) is 6.61 Å². The third-order valence-corrected chi connectivity index (χ3v) is 3.18. The zero-order chi connectivity index (χ0) is 13.7. The molecule has 0 spiro atoms. The van der Waals surface area contributed by atoms with Crippen LogP contribution < -0.4 is 15.2 Å². The monoisotopic (exact) mass is 264 g/mol. The van der Waals surface area contributed by atoms with Crippen molar-refractivity contribution in [2.24, 2.45) is 5.73 Å². The van der Waals surface area contributed by atoms with E-state index in [1.165, 1.54) is 0 Å². The molecule has 5 heteroatoms. The van der Waals surface area contributed by atoms with Crippen LogP contribution in [0, 0.1) is 0 Å². The molecular weight excluding hydrogens is 244 g/mol. The van der Waals surface area contributed by atoms with Crippen LogP contribution in [-0.4, -0.2) is 44.2 Å². The first-order valence-electron chi connectivity index (χ1n) is 6.56. The average molecular weight is 264 g/mol. The van der Waals surface area contributed by atoms with Crippen LogP contribution in [0.2, 0.25) is 0 Å². The van der Waals surface area contributed by atoms with Gasteiger partial charge in [-0.05, 0) is 31.0 Å². The van der Waals surface area contributed by atoms with Gasteiger partial charge in [0.15, 0.2) is 11.5 Å². The molecule has 0 atom stereocenters. The van der Waals surface area contributed by atoms with E-state index in [-0.39, 0.29) is 5.91 Å². The van der Waals surface area contributed by atoms with Crippen molar-refractivity contribution in [1.82, 2.24) is 4.90 Å². The van der Waals surface area contributed by atoms with E-state index in [0.29, 0.717) is 30.2 Å². The molecule has 1 heterocycles. The number of carbonyl (C=O) groups excluding carboxylic acids is 1. The Balaban J connectivity index is 2.15. The predicted octanol–water partition coefficient (Wildman–Crippen LogP) is 1.27. The number of nitrogens with zero attached hydrogens (tertiary/aromatic N) is 1. The van der Waals surface area contributed by atoms with E-state index < -0.39 is 0 Å². The molecule has 1 aliphatic heterocycles. The summed E-state index contributed by atoms with van der Waals surface area (Å²) < 4.78 is 10.7. The highest BCUT2D eigenvalue weighted by Gasteiger charge is 2.20. The second-order valence-corrected chi connectivity index (χ2v) is 4.50. The maximum Gasteiger partial charge on any atom is 0.253 e. The number of methoxy groups -OCH3 is 1. The SMILES string of the molecule is COc1cc(C(=O)N2CCCC2)ccc1OCCN. The van der Waals surface area contributed by atoms with Crippen LogP contribution in [0.3, 0.4) is 0 Å². The van der Waals surface area contributed by atoms with E-state index in [2.05, 4.69) is 0 Å². The van der Waals surface area contributed by atoms with Gasteiger partial charge in [-0.15, -0.1) is 0 Å². The van der Waals surface area contributed by atoms with Crippen LogP contribution in [0.15, 0.2) is 18.2 Å². The molecule has 2 rings (SSSR count). The Hall–Kier alpha value is -1.75. The molecule has 104 valence electrons. The van der Waals surface area contributed by atoms with Crippen LogP contribution in [-0.2, 0) is 0 Å². The predicted molar refractivity (Wildman–Crippen MR) is 72.7 cm³/mol. The number of rotatable bonds is 5. The number of amides is 1. The lowest BCUT2D eigenvalue weighted by molar-refractivity contribution is 0.0792. The Morgan fingerprint density at radius 2 is 2.05 bits per heavy atom. The molecule has 5 nitrogen and oxygen atoms in total. The third-order valence-electron chi connectivity index (χ3n) is 3.18. The minimum Gasteiger partial charge on any atom is -0.493 e. The van der Waals surface area contributed by atoms with Crippen molar-refractivity contribution >= 4 is 5.91 Å². The maximum absolute atomic E-state index is 12.2. The van der Waals surface area contributed by atoms with Crippen LogP contribution >= 0.6 is 0 Å². The highest BCUT2D eigenvalue weighted by molar-refractivity contribution is 5.95. The molecule has 0 unspecified atom stereocenters. The van der Waals surface area contributed by atoms with Gasteiger partial charge >= 0.3 is 0 Å². The van der Waals surface area contributed by atoms with Gasteiger partial charge in [-0.2, -0.15) is 0 Å². The summed E-state index contributed by atoms with van der Waals surface area (Å²) in [6.07, 6.45) is 2.17. The Morgan fingerprint density at radius 1 is 1.32 bits per heavy atom. The van der Waals surface area contributed by atoms with Crippen molar-refractivity contribution in [2.45, 2.75) is 12.8 Å². The normalized spacial score (nSPS) is 14.5. The second-order valence-electron chi connectivity index (χ2n) is 4.50. The summed E-state index contributed by atoms with van der Waals surface area (Å²) in [4.78, 5) is 14.1. The molecule has 0 aromatic heterocycles. The maximum atomic E-state index is 12.2. The highest BCUT2D eigenvalue weighted by Crippen LogP contribution is 2.28. The van der Waals surface area contributed by atoms with Crippen LogP contribution in [0.5, 0.6) is 11.5 Å². The van der Waals surface area contributed by atoms with Crippen molar-refractivity contribution in [3.8, 4) is 11.5 Å². The van der Waals surface area contributed by atoms with E-state index in [1.54, 1.807) is 25.3 Å². The fourth-order valence-electron chi connectivity index (χ4n) is 2.19. The first-order valence-corrected chi connectivity index (χ1v) is 6.56. The van der Waals surface area contributed by atoms with Gasteiger partial charge in [-0.1, -0.05) is 0 Å². The molecule has 19 heavy (non-hydrogen) atoms. The molecule has 0 aliphatic carbocycles. The molecule has 1 amide bonds. The minimum absolute atomic E-state index is 0.0566. The van der Waals surface area contributed by atoms with E-state index in [4.69, 9.17) is 15.2 Å². The van der Waals surface area contributed by atoms with Gasteiger partial charge in [0.2, 0.25) is 0 Å². The smallest absolute Gasteiger partial charge is 0.253 e. The molecule has 1 saturated heterocycles. The van der Waals surface area contributed by atoms with Gasteiger partial charge in [0.05, 0.1) is 7.11 Å². The Kier molecular flexibility index (Phi) is 4.63. The van der Waals surface area contributed by atoms with Gasteiger partial charge in [0.25, 0.3) is 5.91 Å². The van der Waals surface area contributed by atoms with Crippen molar-refractivity contribution in [3.63, 3.8) is 0 Å². The summed E-state index contributed by atoms with van der Waals surface area (Å²) in [5.74, 6) is 1.24. The summed E-state index contributed by atoms with van der Waals surface area (Å²) in [6.45, 7) is 2.55. The summed E-state index contributed by atoms with van der Waals surface area (Å²) in [6, 6.07) is 5.26. The fourth-order valence-corrected chi connectivity index (χ4v) is 2.19. The first-order chi connectivity index (χ1) is 9.26. The quantitative estimate of drug-likeness (QED) is 0.869. The molecule has 0 saturated carbocycles. The number of benzene rings is 1. The zero-order valence-electron chi connectivity index (χ0n) is 11.2. The summed E-state index contributed by atoms with van der Waals surface area (Å²) in [5.41, 5.74) is 6.04. The van der Waals surface area contributed by atoms with E-state index in [1.807, 2.05) is 4.90 Å². The number of hydrogen-bond acceptors (Lipinski definition) is 4. The molecule has 1 aromatic rings. The number of ether oxygens (including phenoxy) is 2. The Bertz CT molecular complexity index is 442. The van der Waals surface area contributed by atoms with Gasteiger partial charge in [-0.3, -0.25) is 4.79 Å². The molecule has 1 aromatic carbocycles. The van der Waals surface area contributed by atoms with Crippen LogP contribution in [0.1, 0.15) is 23.2 Å². The lowest BCUT2D eigenvalue weighted by Gasteiger charge is -2.16. The van der Waals surface area contributed by atoms with E-state index in [9.17, 15) is 4.79 Å². The highest BCUT2D eigenvalue weighted by atomic mass is 16.5. The van der Waals surface area contributed by atoms with Gasteiger partial charge < -0.3 is 20.1 Å². The lowest BCUT2D eigenvalue weighted by Crippen LogP contribution is -2.27. The van der Waals surface area contributed by atoms with Crippen LogP contribution in [0.25, 0.3) is 0 Å². The van der Waals surface area contributed by atoms with E-state index >= 15 is 0 Å². The average Bonchev–Trinajstić information content (AvgIpc) is 2.98. The molecule has 2 N–H and O–H groups in total. The fraction of sp³-hybridized carbons (Fsp3) is 0.500. The minimum atomic E-state index is 0.0566. The Morgan fingerprint density at radius 3 is 2.68 bits per heavy atom. The lowest BCUT2D eigenvalue weighted by atomic mass is 10.1. The van der Waals surface area contributed by atoms with Gasteiger partial charge in [0, 0.05) is 25.2 Å². The number of hydrogen-bond donors (Lipinski definition) is 1. The third kappa shape index (κ3) is 3.17.